The van der Waals surface area contributed by atoms with E-state index in [-0.39, 0.29) is 17.5 Å². The molecule has 2 fully saturated rings. The van der Waals surface area contributed by atoms with E-state index in [9.17, 15) is 18.0 Å². The number of hydrogen-bond donors (Lipinski definition) is 0. The van der Waals surface area contributed by atoms with Crippen LogP contribution in [0, 0.1) is 17.0 Å². The second kappa shape index (κ2) is 12.5. The Morgan fingerprint density at radius 3 is 2.39 bits per heavy atom. The van der Waals surface area contributed by atoms with Gasteiger partial charge >= 0.3 is 6.18 Å². The highest BCUT2D eigenvalue weighted by molar-refractivity contribution is 5.53. The fourth-order valence-corrected chi connectivity index (χ4v) is 7.20. The minimum absolute atomic E-state index is 0.00469. The topological polar surface area (TPSA) is 36.0 Å². The molecule has 2 saturated heterocycles. The molecule has 3 aromatic carbocycles. The summed E-state index contributed by atoms with van der Waals surface area (Å²) in [5.41, 5.74) is 2.27. The Morgan fingerprint density at radius 1 is 0.932 bits per heavy atom. The maximum absolute atomic E-state index is 16.0. The van der Waals surface area contributed by atoms with Crippen LogP contribution in [0.2, 0.25) is 0 Å². The standard InChI is InChI=1S/C34H36F5N3O2/c35-29-18-26(41-12-4-10-33(11-14-41)21-40(22-33)15-16-43)19-30(36)31(29)32-28-8-7-27(44-20-24-5-2-1-3-6-24)17-25(28)9-13-42(32)23-34(37,38)39/h1-3,5-8,16-19,32H,4,9-15,20-23H2. The lowest BCUT2D eigenvalue weighted by Crippen LogP contribution is -2.56. The zero-order valence-corrected chi connectivity index (χ0v) is 24.5. The lowest BCUT2D eigenvalue weighted by atomic mass is 9.74. The number of nitrogens with zero attached hydrogens (tertiary/aromatic N) is 3. The van der Waals surface area contributed by atoms with Gasteiger partial charge in [-0.2, -0.15) is 13.2 Å². The van der Waals surface area contributed by atoms with Crippen molar-refractivity contribution in [3.8, 4) is 5.75 Å². The molecule has 3 aliphatic heterocycles. The van der Waals surface area contributed by atoms with Crippen LogP contribution in [0.25, 0.3) is 0 Å². The summed E-state index contributed by atoms with van der Waals surface area (Å²) in [7, 11) is 0. The van der Waals surface area contributed by atoms with Crippen molar-refractivity contribution in [2.75, 3.05) is 50.7 Å². The van der Waals surface area contributed by atoms with Crippen molar-refractivity contribution in [1.82, 2.24) is 9.80 Å². The van der Waals surface area contributed by atoms with Gasteiger partial charge in [-0.3, -0.25) is 9.80 Å². The molecular weight excluding hydrogens is 577 g/mol. The minimum atomic E-state index is -4.54. The molecule has 0 radical (unpaired) electrons. The monoisotopic (exact) mass is 613 g/mol. The van der Waals surface area contributed by atoms with Gasteiger partial charge in [0.05, 0.1) is 19.1 Å². The number of alkyl halides is 3. The van der Waals surface area contributed by atoms with Crippen LogP contribution in [0.5, 0.6) is 5.75 Å². The van der Waals surface area contributed by atoms with E-state index in [2.05, 4.69) is 4.90 Å². The Labute approximate surface area is 254 Å². The maximum Gasteiger partial charge on any atom is 0.401 e. The van der Waals surface area contributed by atoms with Crippen molar-refractivity contribution >= 4 is 12.0 Å². The van der Waals surface area contributed by atoms with Crippen molar-refractivity contribution in [2.45, 2.75) is 44.5 Å². The summed E-state index contributed by atoms with van der Waals surface area (Å²) >= 11 is 0. The molecule has 6 rings (SSSR count). The first-order valence-electron chi connectivity index (χ1n) is 15.1. The van der Waals surface area contributed by atoms with Gasteiger partial charge in [0.1, 0.15) is 30.3 Å². The average molecular weight is 614 g/mol. The molecule has 0 amide bonds. The van der Waals surface area contributed by atoms with Gasteiger partial charge in [0.25, 0.3) is 0 Å². The molecule has 3 aliphatic rings. The van der Waals surface area contributed by atoms with Crippen molar-refractivity contribution in [3.05, 3.63) is 94.6 Å². The molecular formula is C34H36F5N3O2. The number of benzene rings is 3. The van der Waals surface area contributed by atoms with E-state index in [0.29, 0.717) is 55.2 Å². The summed E-state index contributed by atoms with van der Waals surface area (Å²) in [6.07, 6.45) is -0.661. The first kappa shape index (κ1) is 30.5. The molecule has 0 aromatic heterocycles. The molecule has 3 heterocycles. The van der Waals surface area contributed by atoms with Crippen molar-refractivity contribution in [2.24, 2.45) is 5.41 Å². The minimum Gasteiger partial charge on any atom is -0.489 e. The normalized spacial score (nSPS) is 20.6. The number of hydrogen-bond acceptors (Lipinski definition) is 5. The van der Waals surface area contributed by atoms with Gasteiger partial charge < -0.3 is 14.4 Å². The van der Waals surface area contributed by atoms with Crippen molar-refractivity contribution < 1.29 is 31.5 Å². The molecule has 0 saturated carbocycles. The number of rotatable bonds is 8. The van der Waals surface area contributed by atoms with E-state index in [1.807, 2.05) is 35.2 Å². The zero-order chi connectivity index (χ0) is 30.9. The van der Waals surface area contributed by atoms with Crippen LogP contribution in [0.15, 0.2) is 60.7 Å². The molecule has 0 aliphatic carbocycles. The van der Waals surface area contributed by atoms with Crippen LogP contribution in [-0.2, 0) is 17.8 Å². The lowest BCUT2D eigenvalue weighted by Gasteiger charge is -2.49. The third-order valence-corrected chi connectivity index (χ3v) is 9.27. The second-order valence-corrected chi connectivity index (χ2v) is 12.4. The molecule has 3 aromatic rings. The van der Waals surface area contributed by atoms with E-state index in [0.717, 1.165) is 49.1 Å². The largest absolute Gasteiger partial charge is 0.489 e. The summed E-state index contributed by atoms with van der Waals surface area (Å²) < 4.78 is 78.9. The van der Waals surface area contributed by atoms with Crippen LogP contribution in [0.3, 0.4) is 0 Å². The quantitative estimate of drug-likeness (QED) is 0.213. The maximum atomic E-state index is 16.0. The highest BCUT2D eigenvalue weighted by Gasteiger charge is 2.43. The number of aldehydes is 1. The number of carbonyl (C=O) groups is 1. The van der Waals surface area contributed by atoms with Crippen LogP contribution in [-0.4, -0.2) is 68.1 Å². The molecule has 0 bridgehead atoms. The highest BCUT2D eigenvalue weighted by atomic mass is 19.4. The number of anilines is 1. The Hall–Kier alpha value is -3.50. The van der Waals surface area contributed by atoms with E-state index < -0.39 is 30.4 Å². The fourth-order valence-electron chi connectivity index (χ4n) is 7.20. The molecule has 1 atom stereocenters. The van der Waals surface area contributed by atoms with Crippen LogP contribution >= 0.6 is 0 Å². The van der Waals surface area contributed by atoms with Gasteiger partial charge in [0.15, 0.2) is 0 Å². The highest BCUT2D eigenvalue weighted by Crippen LogP contribution is 2.43. The zero-order valence-electron chi connectivity index (χ0n) is 24.5. The number of likely N-dealkylation sites (tertiary alicyclic amines) is 1. The summed E-state index contributed by atoms with van der Waals surface area (Å²) in [6, 6.07) is 15.9. The van der Waals surface area contributed by atoms with Gasteiger partial charge in [-0.15, -0.1) is 0 Å². The molecule has 0 N–H and O–H groups in total. The van der Waals surface area contributed by atoms with Crippen LogP contribution in [0.4, 0.5) is 27.6 Å². The SMILES string of the molecule is O=CCN1CC2(CCCN(c3cc(F)c(C4c5ccc(OCc6ccccc6)cc5CCN4CC(F)(F)F)c(F)c3)CC2)C1. The van der Waals surface area contributed by atoms with E-state index >= 15 is 8.78 Å². The number of fused-ring (bicyclic) bond motifs is 1. The van der Waals surface area contributed by atoms with Crippen LogP contribution in [0.1, 0.15) is 47.6 Å². The molecule has 234 valence electrons. The summed E-state index contributed by atoms with van der Waals surface area (Å²) in [5, 5.41) is 0. The lowest BCUT2D eigenvalue weighted by molar-refractivity contribution is -0.150. The Kier molecular flexibility index (Phi) is 8.66. The van der Waals surface area contributed by atoms with Gasteiger partial charge in [-0.25, -0.2) is 8.78 Å². The summed E-state index contributed by atoms with van der Waals surface area (Å²) in [4.78, 5) is 16.0. The average Bonchev–Trinajstić information content (AvgIpc) is 3.20. The van der Waals surface area contributed by atoms with Crippen molar-refractivity contribution in [1.29, 1.82) is 0 Å². The van der Waals surface area contributed by atoms with Gasteiger partial charge in [0.2, 0.25) is 0 Å². The molecule has 1 spiro atoms. The Balaban J connectivity index is 1.25. The van der Waals surface area contributed by atoms with Gasteiger partial charge in [0, 0.05) is 44.0 Å². The number of ether oxygens (including phenoxy) is 1. The number of carbonyl (C=O) groups excluding carboxylic acids is 1. The summed E-state index contributed by atoms with van der Waals surface area (Å²) in [6.45, 7) is 2.39. The summed E-state index contributed by atoms with van der Waals surface area (Å²) in [5.74, 6) is -1.16. The van der Waals surface area contributed by atoms with E-state index in [1.54, 1.807) is 18.2 Å². The van der Waals surface area contributed by atoms with Gasteiger partial charge in [-0.1, -0.05) is 36.4 Å². The molecule has 5 nitrogen and oxygen atoms in total. The van der Waals surface area contributed by atoms with Gasteiger partial charge in [-0.05, 0) is 72.1 Å². The number of halogens is 5. The molecule has 44 heavy (non-hydrogen) atoms. The van der Waals surface area contributed by atoms with E-state index in [1.165, 1.54) is 12.1 Å². The Bertz CT molecular complexity index is 1450. The third-order valence-electron chi connectivity index (χ3n) is 9.27. The van der Waals surface area contributed by atoms with E-state index in [4.69, 9.17) is 4.74 Å². The fraction of sp³-hybridized carbons (Fsp3) is 0.441. The second-order valence-electron chi connectivity index (χ2n) is 12.4. The van der Waals surface area contributed by atoms with Crippen LogP contribution < -0.4 is 9.64 Å². The predicted molar refractivity (Wildman–Crippen MR) is 158 cm³/mol. The van der Waals surface area contributed by atoms with Crippen molar-refractivity contribution in [3.63, 3.8) is 0 Å². The molecule has 1 unspecified atom stereocenters. The third kappa shape index (κ3) is 6.61. The predicted octanol–water partition coefficient (Wildman–Crippen LogP) is 6.54. The molecule has 10 heteroatoms. The Morgan fingerprint density at radius 2 is 1.68 bits per heavy atom. The first-order valence-corrected chi connectivity index (χ1v) is 15.1. The first-order chi connectivity index (χ1) is 21.1. The smallest absolute Gasteiger partial charge is 0.401 e.